The number of carbonyl (C=O) groups excluding carboxylic acids is 1. The first-order valence-electron chi connectivity index (χ1n) is 4.25. The van der Waals surface area contributed by atoms with Crippen molar-refractivity contribution in [2.24, 2.45) is 0 Å². The number of carboxylic acid groups (broad SMARTS) is 1. The summed E-state index contributed by atoms with van der Waals surface area (Å²) in [7, 11) is 0. The van der Waals surface area contributed by atoms with E-state index in [9.17, 15) is 18.4 Å². The van der Waals surface area contributed by atoms with E-state index < -0.39 is 18.3 Å². The molecule has 1 heterocycles. The van der Waals surface area contributed by atoms with Crippen LogP contribution < -0.4 is 5.32 Å². The first kappa shape index (κ1) is 12.0. The standard InChI is InChI=1S/C9H8F2N2O3/c10-7(11)8(14)13-4-5-1-2-6(9(15)16)12-3-5/h1-3,7H,4H2,(H,13,14)(H,15,16). The van der Waals surface area contributed by atoms with Gasteiger partial charge in [-0.1, -0.05) is 6.07 Å². The molecule has 0 fully saturated rings. The van der Waals surface area contributed by atoms with Crippen molar-refractivity contribution in [1.82, 2.24) is 10.3 Å². The zero-order valence-corrected chi connectivity index (χ0v) is 7.98. The highest BCUT2D eigenvalue weighted by Gasteiger charge is 2.14. The van der Waals surface area contributed by atoms with E-state index in [0.29, 0.717) is 5.56 Å². The van der Waals surface area contributed by atoms with Crippen molar-refractivity contribution in [1.29, 1.82) is 0 Å². The molecule has 0 aliphatic rings. The Kier molecular flexibility index (Phi) is 3.87. The zero-order valence-electron chi connectivity index (χ0n) is 7.98. The first-order chi connectivity index (χ1) is 7.50. The number of hydrogen-bond acceptors (Lipinski definition) is 3. The average molecular weight is 230 g/mol. The highest BCUT2D eigenvalue weighted by molar-refractivity contribution is 5.85. The number of alkyl halides is 2. The highest BCUT2D eigenvalue weighted by atomic mass is 19.3. The van der Waals surface area contributed by atoms with Crippen molar-refractivity contribution in [3.8, 4) is 0 Å². The molecule has 86 valence electrons. The number of hydrogen-bond donors (Lipinski definition) is 2. The largest absolute Gasteiger partial charge is 0.477 e. The van der Waals surface area contributed by atoms with Crippen molar-refractivity contribution in [2.75, 3.05) is 0 Å². The molecule has 16 heavy (non-hydrogen) atoms. The predicted molar refractivity (Wildman–Crippen MR) is 49.0 cm³/mol. The number of aromatic nitrogens is 1. The lowest BCUT2D eigenvalue weighted by molar-refractivity contribution is -0.131. The van der Waals surface area contributed by atoms with Gasteiger partial charge in [-0.25, -0.2) is 9.78 Å². The maximum atomic E-state index is 11.8. The maximum Gasteiger partial charge on any atom is 0.354 e. The third kappa shape index (κ3) is 3.26. The van der Waals surface area contributed by atoms with Crippen LogP contribution in [0.3, 0.4) is 0 Å². The number of nitrogens with zero attached hydrogens (tertiary/aromatic N) is 1. The van der Waals surface area contributed by atoms with E-state index in [1.807, 2.05) is 5.32 Å². The number of amides is 1. The molecule has 1 amide bonds. The molecule has 0 bridgehead atoms. The van der Waals surface area contributed by atoms with Crippen molar-refractivity contribution >= 4 is 11.9 Å². The third-order valence-electron chi connectivity index (χ3n) is 1.71. The molecule has 0 aromatic carbocycles. The van der Waals surface area contributed by atoms with Gasteiger partial charge in [0.25, 0.3) is 5.91 Å². The number of carbonyl (C=O) groups is 2. The Bertz CT molecular complexity index is 392. The Hall–Kier alpha value is -2.05. The monoisotopic (exact) mass is 230 g/mol. The van der Waals surface area contributed by atoms with Gasteiger partial charge in [-0.05, 0) is 11.6 Å². The van der Waals surface area contributed by atoms with E-state index in [-0.39, 0.29) is 12.2 Å². The molecule has 5 nitrogen and oxygen atoms in total. The molecule has 0 spiro atoms. The fraction of sp³-hybridized carbons (Fsp3) is 0.222. The van der Waals surface area contributed by atoms with Gasteiger partial charge in [0.2, 0.25) is 0 Å². The van der Waals surface area contributed by atoms with Crippen molar-refractivity contribution in [2.45, 2.75) is 13.0 Å². The van der Waals surface area contributed by atoms with Crippen LogP contribution in [-0.4, -0.2) is 28.4 Å². The minimum atomic E-state index is -3.06. The number of halogens is 2. The summed E-state index contributed by atoms with van der Waals surface area (Å²) >= 11 is 0. The summed E-state index contributed by atoms with van der Waals surface area (Å²) in [5.74, 6) is -2.55. The van der Waals surface area contributed by atoms with Gasteiger partial charge in [-0.15, -0.1) is 0 Å². The normalized spacial score (nSPS) is 10.2. The van der Waals surface area contributed by atoms with Crippen LogP contribution in [-0.2, 0) is 11.3 Å². The summed E-state index contributed by atoms with van der Waals surface area (Å²) in [6.07, 6.45) is -1.86. The molecule has 0 saturated carbocycles. The summed E-state index contributed by atoms with van der Waals surface area (Å²) < 4.78 is 23.6. The van der Waals surface area contributed by atoms with E-state index in [0.717, 1.165) is 0 Å². The zero-order chi connectivity index (χ0) is 12.1. The van der Waals surface area contributed by atoms with Gasteiger partial charge < -0.3 is 10.4 Å². The summed E-state index contributed by atoms with van der Waals surface area (Å²) in [5, 5.41) is 10.5. The second-order valence-corrected chi connectivity index (χ2v) is 2.88. The molecule has 7 heteroatoms. The van der Waals surface area contributed by atoms with Crippen molar-refractivity contribution < 1.29 is 23.5 Å². The fourth-order valence-electron chi connectivity index (χ4n) is 0.922. The third-order valence-corrected chi connectivity index (χ3v) is 1.71. The lowest BCUT2D eigenvalue weighted by Gasteiger charge is -2.04. The molecule has 1 aromatic heterocycles. The molecule has 0 aliphatic heterocycles. The van der Waals surface area contributed by atoms with Crippen LogP contribution in [0.15, 0.2) is 18.3 Å². The number of nitrogens with one attached hydrogen (secondary N) is 1. The molecule has 0 radical (unpaired) electrons. The molecular weight excluding hydrogens is 222 g/mol. The number of rotatable bonds is 4. The quantitative estimate of drug-likeness (QED) is 0.796. The topological polar surface area (TPSA) is 79.3 Å². The van der Waals surface area contributed by atoms with Crippen molar-refractivity contribution in [3.05, 3.63) is 29.6 Å². The van der Waals surface area contributed by atoms with Crippen LogP contribution in [0, 0.1) is 0 Å². The summed E-state index contributed by atoms with van der Waals surface area (Å²) in [4.78, 5) is 24.5. The first-order valence-corrected chi connectivity index (χ1v) is 4.25. The minimum Gasteiger partial charge on any atom is -0.477 e. The minimum absolute atomic E-state index is 0.115. The van der Waals surface area contributed by atoms with Gasteiger partial charge in [-0.2, -0.15) is 8.78 Å². The Balaban J connectivity index is 2.56. The van der Waals surface area contributed by atoms with Crippen LogP contribution in [0.2, 0.25) is 0 Å². The Morgan fingerprint density at radius 3 is 2.56 bits per heavy atom. The Morgan fingerprint density at radius 1 is 1.44 bits per heavy atom. The summed E-state index contributed by atoms with van der Waals surface area (Å²) in [6, 6.07) is 2.62. The molecule has 0 saturated heterocycles. The van der Waals surface area contributed by atoms with Gasteiger partial charge in [-0.3, -0.25) is 4.79 Å². The van der Waals surface area contributed by atoms with Crippen LogP contribution in [0.4, 0.5) is 8.78 Å². The van der Waals surface area contributed by atoms with E-state index in [1.165, 1.54) is 18.3 Å². The Morgan fingerprint density at radius 2 is 2.12 bits per heavy atom. The van der Waals surface area contributed by atoms with Gasteiger partial charge >= 0.3 is 12.4 Å². The molecule has 2 N–H and O–H groups in total. The molecule has 0 atom stereocenters. The lowest BCUT2D eigenvalue weighted by Crippen LogP contribution is -2.28. The van der Waals surface area contributed by atoms with Crippen molar-refractivity contribution in [3.63, 3.8) is 0 Å². The fourth-order valence-corrected chi connectivity index (χ4v) is 0.922. The number of aromatic carboxylic acids is 1. The van der Waals surface area contributed by atoms with Crippen LogP contribution in [0.1, 0.15) is 16.1 Å². The van der Waals surface area contributed by atoms with Gasteiger partial charge in [0, 0.05) is 12.7 Å². The second-order valence-electron chi connectivity index (χ2n) is 2.88. The maximum absolute atomic E-state index is 11.8. The molecule has 0 aliphatic carbocycles. The van der Waals surface area contributed by atoms with Crippen LogP contribution >= 0.6 is 0 Å². The van der Waals surface area contributed by atoms with Crippen LogP contribution in [0.5, 0.6) is 0 Å². The number of carboxylic acids is 1. The van der Waals surface area contributed by atoms with E-state index >= 15 is 0 Å². The summed E-state index contributed by atoms with van der Waals surface area (Å²) in [6.45, 7) is -0.115. The average Bonchev–Trinajstić information content (AvgIpc) is 2.26. The second kappa shape index (κ2) is 5.15. The summed E-state index contributed by atoms with van der Waals surface area (Å²) in [5.41, 5.74) is 0.294. The molecule has 1 rings (SSSR count). The predicted octanol–water partition coefficient (Wildman–Crippen LogP) is 0.661. The Labute approximate surface area is 89.1 Å². The van der Waals surface area contributed by atoms with E-state index in [1.54, 1.807) is 0 Å². The SMILES string of the molecule is O=C(O)c1ccc(CNC(=O)C(F)F)cn1. The van der Waals surface area contributed by atoms with Gasteiger partial charge in [0.05, 0.1) is 0 Å². The van der Waals surface area contributed by atoms with E-state index in [2.05, 4.69) is 4.98 Å². The molecule has 1 aromatic rings. The van der Waals surface area contributed by atoms with Crippen LogP contribution in [0.25, 0.3) is 0 Å². The van der Waals surface area contributed by atoms with Gasteiger partial charge in [0.1, 0.15) is 5.69 Å². The number of pyridine rings is 1. The smallest absolute Gasteiger partial charge is 0.354 e. The molecular formula is C9H8F2N2O3. The van der Waals surface area contributed by atoms with E-state index in [4.69, 9.17) is 5.11 Å². The molecule has 0 unspecified atom stereocenters. The lowest BCUT2D eigenvalue weighted by atomic mass is 10.2. The highest BCUT2D eigenvalue weighted by Crippen LogP contribution is 2.01. The van der Waals surface area contributed by atoms with Gasteiger partial charge in [0.15, 0.2) is 0 Å².